The van der Waals surface area contributed by atoms with Gasteiger partial charge in [-0.3, -0.25) is 9.59 Å². The van der Waals surface area contributed by atoms with Crippen molar-refractivity contribution in [2.24, 2.45) is 0 Å². The smallest absolute Gasteiger partial charge is 0.303 e. The monoisotopic (exact) mass is 831 g/mol. The number of hydrogen-bond acceptors (Lipinski definition) is 8. The van der Waals surface area contributed by atoms with Crippen LogP contribution < -0.4 is 0 Å². The summed E-state index contributed by atoms with van der Waals surface area (Å²) in [6.45, 7) is 4.79. The molecule has 0 amide bonds. The molecule has 0 aliphatic rings. The average molecular weight is 831 g/mol. The fraction of sp³-hybridized carbons (Fsp3) is 0.958. The first-order valence-corrected chi connectivity index (χ1v) is 24.5. The van der Waals surface area contributed by atoms with E-state index in [0.29, 0.717) is 45.3 Å². The lowest BCUT2D eigenvalue weighted by Crippen LogP contribution is -2.38. The second-order valence-corrected chi connectivity index (χ2v) is 17.0. The van der Waals surface area contributed by atoms with Gasteiger partial charge in [-0.1, -0.05) is 174 Å². The van der Waals surface area contributed by atoms with E-state index < -0.39 is 30.3 Å². The molecule has 58 heavy (non-hydrogen) atoms. The van der Waals surface area contributed by atoms with E-state index >= 15 is 0 Å². The number of aliphatic hydroxyl groups is 3. The van der Waals surface area contributed by atoms with Gasteiger partial charge in [0.15, 0.2) is 0 Å². The number of carbonyl (C=O) groups is 2. The van der Waals surface area contributed by atoms with E-state index in [-0.39, 0.29) is 38.3 Å². The average Bonchev–Trinajstić information content (AvgIpc) is 3.20. The maximum atomic E-state index is 11.0. The third kappa shape index (κ3) is 37.7. The number of ether oxygens (including phenoxy) is 3. The highest BCUT2D eigenvalue weighted by molar-refractivity contribution is 5.66. The summed E-state index contributed by atoms with van der Waals surface area (Å²) in [5.41, 5.74) is 0. The summed E-state index contributed by atoms with van der Waals surface area (Å²) in [5, 5.41) is 49.0. The standard InChI is InChI=1S/C48H94O10/c1-3-5-7-9-11-13-14-15-16-17-19-21-23-25-35-44(46(41-50)57-39-31-29-37-48(54)55)58-42(32-24-22-20-18-12-10-8-6-4-2)33-26-27-34-43(51)45(40-49)56-38-30-28-36-47(52)53/h42-46,49-51H,3-41H2,1-2H3,(H,52,53)(H,54,55)/t42?,43?,44?,45-,46-/m0/s1. The number of aliphatic hydroxyl groups excluding tert-OH is 3. The zero-order valence-corrected chi connectivity index (χ0v) is 37.7. The van der Waals surface area contributed by atoms with Crippen molar-refractivity contribution in [3.8, 4) is 0 Å². The first kappa shape index (κ1) is 56.7. The van der Waals surface area contributed by atoms with Crippen LogP contribution in [0.5, 0.6) is 0 Å². The molecule has 5 atom stereocenters. The van der Waals surface area contributed by atoms with Crippen LogP contribution in [-0.2, 0) is 23.8 Å². The van der Waals surface area contributed by atoms with E-state index in [1.165, 1.54) is 128 Å². The molecule has 10 nitrogen and oxygen atoms in total. The number of carboxylic acids is 2. The third-order valence-electron chi connectivity index (χ3n) is 11.6. The molecule has 3 unspecified atom stereocenters. The summed E-state index contributed by atoms with van der Waals surface area (Å²) in [7, 11) is 0. The number of aliphatic carboxylic acids is 2. The van der Waals surface area contributed by atoms with E-state index in [9.17, 15) is 24.9 Å². The van der Waals surface area contributed by atoms with Gasteiger partial charge >= 0.3 is 11.9 Å². The van der Waals surface area contributed by atoms with Gasteiger partial charge in [0.1, 0.15) is 12.2 Å². The maximum Gasteiger partial charge on any atom is 0.303 e. The molecule has 0 aromatic rings. The highest BCUT2D eigenvalue weighted by Crippen LogP contribution is 2.24. The predicted octanol–water partition coefficient (Wildman–Crippen LogP) is 11.7. The largest absolute Gasteiger partial charge is 0.481 e. The first-order valence-electron chi connectivity index (χ1n) is 24.5. The molecule has 0 heterocycles. The summed E-state index contributed by atoms with van der Waals surface area (Å²) in [5.74, 6) is -1.65. The molecule has 0 rings (SSSR count). The molecule has 0 saturated heterocycles. The molecule has 0 aliphatic carbocycles. The molecule has 0 radical (unpaired) electrons. The SMILES string of the molecule is CCCCCCCCCCCCCCCCC(OC(CCCCCCCCCCC)CCCCC(O)[C@H](CO)OCCCCC(=O)O)[C@H](CO)OCCCCC(=O)O. The number of rotatable bonds is 48. The summed E-state index contributed by atoms with van der Waals surface area (Å²) < 4.78 is 18.8. The van der Waals surface area contributed by atoms with Crippen LogP contribution in [0, 0.1) is 0 Å². The topological polar surface area (TPSA) is 163 Å². The van der Waals surface area contributed by atoms with Crippen LogP contribution in [0.4, 0.5) is 0 Å². The Labute approximate surface area is 356 Å². The molecule has 0 aromatic heterocycles. The van der Waals surface area contributed by atoms with Gasteiger partial charge in [0.25, 0.3) is 0 Å². The minimum absolute atomic E-state index is 0.00197. The lowest BCUT2D eigenvalue weighted by molar-refractivity contribution is -0.138. The molecular weight excluding hydrogens is 737 g/mol. The molecule has 5 N–H and O–H groups in total. The van der Waals surface area contributed by atoms with Crippen LogP contribution in [0.1, 0.15) is 239 Å². The lowest BCUT2D eigenvalue weighted by atomic mass is 9.99. The van der Waals surface area contributed by atoms with Crippen molar-refractivity contribution in [1.82, 2.24) is 0 Å². The first-order chi connectivity index (χ1) is 28.3. The van der Waals surface area contributed by atoms with Gasteiger partial charge in [0.05, 0.1) is 31.5 Å². The molecule has 0 aliphatic heterocycles. The minimum Gasteiger partial charge on any atom is -0.481 e. The van der Waals surface area contributed by atoms with Gasteiger partial charge in [-0.05, 0) is 51.4 Å². The quantitative estimate of drug-likeness (QED) is 0.0373. The Morgan fingerprint density at radius 1 is 0.414 bits per heavy atom. The van der Waals surface area contributed by atoms with Gasteiger partial charge in [0.2, 0.25) is 0 Å². The summed E-state index contributed by atoms with van der Waals surface area (Å²) in [4.78, 5) is 21.8. The Hall–Kier alpha value is -1.30. The van der Waals surface area contributed by atoms with E-state index in [1.54, 1.807) is 0 Å². The number of carboxylic acid groups (broad SMARTS) is 2. The zero-order chi connectivity index (χ0) is 42.7. The highest BCUT2D eigenvalue weighted by Gasteiger charge is 2.26. The third-order valence-corrected chi connectivity index (χ3v) is 11.6. The van der Waals surface area contributed by atoms with Gasteiger partial charge in [-0.25, -0.2) is 0 Å². The van der Waals surface area contributed by atoms with Crippen molar-refractivity contribution in [2.45, 2.75) is 269 Å². The molecule has 0 spiro atoms. The predicted molar refractivity (Wildman–Crippen MR) is 237 cm³/mol. The van der Waals surface area contributed by atoms with Crippen LogP contribution in [0.3, 0.4) is 0 Å². The molecule has 346 valence electrons. The highest BCUT2D eigenvalue weighted by atomic mass is 16.6. The van der Waals surface area contributed by atoms with Crippen molar-refractivity contribution >= 4 is 11.9 Å². The van der Waals surface area contributed by atoms with Crippen LogP contribution in [0.2, 0.25) is 0 Å². The van der Waals surface area contributed by atoms with Crippen molar-refractivity contribution in [2.75, 3.05) is 26.4 Å². The van der Waals surface area contributed by atoms with Crippen molar-refractivity contribution in [3.63, 3.8) is 0 Å². The summed E-state index contributed by atoms with van der Waals surface area (Å²) in [6.07, 6.45) is 34.3. The van der Waals surface area contributed by atoms with E-state index in [1.807, 2.05) is 0 Å². The molecule has 0 fully saturated rings. The lowest BCUT2D eigenvalue weighted by Gasteiger charge is -2.31. The van der Waals surface area contributed by atoms with Gasteiger partial charge in [0, 0.05) is 26.1 Å². The van der Waals surface area contributed by atoms with E-state index in [4.69, 9.17) is 24.4 Å². The number of unbranched alkanes of at least 4 members (excludes halogenated alkanes) is 24. The Kier molecular flexibility index (Phi) is 42.8. The van der Waals surface area contributed by atoms with Crippen LogP contribution in [0.15, 0.2) is 0 Å². The Bertz CT molecular complexity index is 873. The van der Waals surface area contributed by atoms with Crippen LogP contribution >= 0.6 is 0 Å². The van der Waals surface area contributed by atoms with Crippen LogP contribution in [0.25, 0.3) is 0 Å². The van der Waals surface area contributed by atoms with Gasteiger partial charge in [-0.2, -0.15) is 0 Å². The van der Waals surface area contributed by atoms with Crippen molar-refractivity contribution in [3.05, 3.63) is 0 Å². The molecule has 0 saturated carbocycles. The Balaban J connectivity index is 5.22. The van der Waals surface area contributed by atoms with Crippen molar-refractivity contribution in [1.29, 1.82) is 0 Å². The molecule has 0 bridgehead atoms. The van der Waals surface area contributed by atoms with Gasteiger partial charge in [-0.15, -0.1) is 0 Å². The van der Waals surface area contributed by atoms with E-state index in [0.717, 1.165) is 51.4 Å². The second-order valence-electron chi connectivity index (χ2n) is 17.0. The molecular formula is C48H94O10. The summed E-state index contributed by atoms with van der Waals surface area (Å²) in [6, 6.07) is 0. The van der Waals surface area contributed by atoms with Crippen molar-refractivity contribution < 1.29 is 49.3 Å². The molecule has 10 heteroatoms. The Morgan fingerprint density at radius 2 is 0.759 bits per heavy atom. The van der Waals surface area contributed by atoms with Crippen LogP contribution in [-0.4, -0.2) is 94.4 Å². The molecule has 0 aromatic carbocycles. The maximum absolute atomic E-state index is 11.0. The zero-order valence-electron chi connectivity index (χ0n) is 37.7. The number of hydrogen-bond donors (Lipinski definition) is 5. The fourth-order valence-corrected chi connectivity index (χ4v) is 7.79. The Morgan fingerprint density at radius 3 is 1.16 bits per heavy atom. The second kappa shape index (κ2) is 43.8. The normalized spacial score (nSPS) is 14.4. The fourth-order valence-electron chi connectivity index (χ4n) is 7.79. The minimum atomic E-state index is -0.840. The summed E-state index contributed by atoms with van der Waals surface area (Å²) >= 11 is 0. The van der Waals surface area contributed by atoms with E-state index in [2.05, 4.69) is 13.8 Å². The van der Waals surface area contributed by atoms with Gasteiger partial charge < -0.3 is 39.7 Å².